The van der Waals surface area contributed by atoms with Gasteiger partial charge in [-0.05, 0) is 37.5 Å². The van der Waals surface area contributed by atoms with E-state index < -0.39 is 5.41 Å². The molecule has 0 aliphatic carbocycles. The predicted octanol–water partition coefficient (Wildman–Crippen LogP) is 3.02. The number of hydrogen-bond acceptors (Lipinski definition) is 4. The fourth-order valence-corrected chi connectivity index (χ4v) is 4.12. The molecule has 3 aromatic rings. The largest absolute Gasteiger partial charge is 0.381 e. The van der Waals surface area contributed by atoms with Gasteiger partial charge < -0.3 is 14.6 Å². The van der Waals surface area contributed by atoms with Gasteiger partial charge in [0.1, 0.15) is 5.82 Å². The number of nitrogens with one attached hydrogen (secondary N) is 1. The molecule has 0 unspecified atom stereocenters. The quantitative estimate of drug-likeness (QED) is 0.725. The second-order valence-electron chi connectivity index (χ2n) is 7.41. The van der Waals surface area contributed by atoms with Gasteiger partial charge in [0.15, 0.2) is 0 Å². The summed E-state index contributed by atoms with van der Waals surface area (Å²) in [5, 5.41) is 0.552. The molecule has 0 atom stereocenters. The van der Waals surface area contributed by atoms with Crippen molar-refractivity contribution in [3.8, 4) is 0 Å². The lowest BCUT2D eigenvalue weighted by molar-refractivity contribution is -0.142. The second-order valence-corrected chi connectivity index (χ2v) is 7.41. The van der Waals surface area contributed by atoms with E-state index in [1.807, 2.05) is 55.5 Å². The van der Waals surface area contributed by atoms with E-state index in [2.05, 4.69) is 9.97 Å². The zero-order chi connectivity index (χ0) is 20.3. The van der Waals surface area contributed by atoms with Crippen LogP contribution in [-0.2, 0) is 21.5 Å². The van der Waals surface area contributed by atoms with Crippen molar-refractivity contribution in [2.24, 2.45) is 0 Å². The highest BCUT2D eigenvalue weighted by Crippen LogP contribution is 2.37. The molecule has 0 saturated carbocycles. The lowest BCUT2D eigenvalue weighted by Gasteiger charge is -2.39. The molecule has 1 aromatic heterocycles. The van der Waals surface area contributed by atoms with E-state index in [0.717, 1.165) is 5.56 Å². The number of hydrogen-bond donors (Lipinski definition) is 1. The highest BCUT2D eigenvalue weighted by Gasteiger charge is 2.43. The minimum Gasteiger partial charge on any atom is -0.381 e. The average molecular weight is 391 g/mol. The number of carbonyl (C=O) groups is 1. The van der Waals surface area contributed by atoms with Gasteiger partial charge in [0, 0.05) is 19.8 Å². The van der Waals surface area contributed by atoms with Gasteiger partial charge in [-0.3, -0.25) is 9.59 Å². The number of rotatable bonds is 5. The number of para-hydroxylation sites is 1. The minimum atomic E-state index is -0.605. The molecule has 2 heterocycles. The normalized spacial score (nSPS) is 15.9. The van der Waals surface area contributed by atoms with Gasteiger partial charge in [0.2, 0.25) is 5.91 Å². The number of ether oxygens (including phenoxy) is 1. The number of aromatic amines is 1. The van der Waals surface area contributed by atoms with E-state index in [9.17, 15) is 9.59 Å². The Labute approximate surface area is 169 Å². The zero-order valence-corrected chi connectivity index (χ0v) is 16.6. The number of fused-ring (bicyclic) bond motifs is 1. The molecule has 6 heteroatoms. The number of aromatic nitrogens is 2. The van der Waals surface area contributed by atoms with Crippen molar-refractivity contribution in [2.75, 3.05) is 19.8 Å². The van der Waals surface area contributed by atoms with Crippen LogP contribution in [0, 0.1) is 0 Å². The molecule has 1 aliphatic rings. The number of nitrogens with zero attached hydrogens (tertiary/aromatic N) is 2. The monoisotopic (exact) mass is 391 g/mol. The third-order valence-electron chi connectivity index (χ3n) is 5.75. The van der Waals surface area contributed by atoms with Crippen LogP contribution in [0.3, 0.4) is 0 Å². The Hall–Kier alpha value is -2.99. The smallest absolute Gasteiger partial charge is 0.258 e. The van der Waals surface area contributed by atoms with Gasteiger partial charge in [-0.2, -0.15) is 0 Å². The first-order valence-corrected chi connectivity index (χ1v) is 10.0. The van der Waals surface area contributed by atoms with E-state index in [1.165, 1.54) is 0 Å². The van der Waals surface area contributed by atoms with Crippen molar-refractivity contribution >= 4 is 16.8 Å². The molecule has 1 fully saturated rings. The van der Waals surface area contributed by atoms with Crippen LogP contribution in [0.5, 0.6) is 0 Å². The molecule has 0 spiro atoms. The molecule has 2 aromatic carbocycles. The molecule has 1 aliphatic heterocycles. The van der Waals surface area contributed by atoms with Gasteiger partial charge in [-0.15, -0.1) is 0 Å². The molecule has 0 bridgehead atoms. The standard InChI is InChI=1S/C23H25N3O3/c1-2-26(16-20-24-19-11-7-6-10-18(19)21(27)25-20)22(28)23(12-14-29-15-13-23)17-8-4-3-5-9-17/h3-11H,2,12-16H2,1H3,(H,24,25,27). The molecule has 1 amide bonds. The van der Waals surface area contributed by atoms with Crippen LogP contribution in [0.4, 0.5) is 0 Å². The Balaban J connectivity index is 1.67. The van der Waals surface area contributed by atoms with Gasteiger partial charge in [0.25, 0.3) is 5.56 Å². The van der Waals surface area contributed by atoms with Crippen LogP contribution in [0.25, 0.3) is 10.9 Å². The van der Waals surface area contributed by atoms with Crippen LogP contribution in [0.15, 0.2) is 59.4 Å². The third kappa shape index (κ3) is 3.68. The van der Waals surface area contributed by atoms with Gasteiger partial charge >= 0.3 is 0 Å². The van der Waals surface area contributed by atoms with Crippen molar-refractivity contribution in [3.05, 3.63) is 76.3 Å². The second kappa shape index (κ2) is 8.17. The molecule has 150 valence electrons. The van der Waals surface area contributed by atoms with Crippen molar-refractivity contribution in [3.63, 3.8) is 0 Å². The summed E-state index contributed by atoms with van der Waals surface area (Å²) >= 11 is 0. The van der Waals surface area contributed by atoms with Crippen molar-refractivity contribution < 1.29 is 9.53 Å². The van der Waals surface area contributed by atoms with E-state index in [0.29, 0.717) is 49.3 Å². The van der Waals surface area contributed by atoms with Crippen LogP contribution >= 0.6 is 0 Å². The number of amides is 1. The molecule has 4 rings (SSSR count). The summed E-state index contributed by atoms with van der Waals surface area (Å²) in [5.41, 5.74) is 0.871. The van der Waals surface area contributed by atoms with Crippen LogP contribution < -0.4 is 5.56 Å². The van der Waals surface area contributed by atoms with E-state index in [-0.39, 0.29) is 18.0 Å². The number of H-pyrrole nitrogens is 1. The molecule has 6 nitrogen and oxygen atoms in total. The summed E-state index contributed by atoms with van der Waals surface area (Å²) < 4.78 is 5.56. The van der Waals surface area contributed by atoms with E-state index in [4.69, 9.17) is 4.74 Å². The first-order valence-electron chi connectivity index (χ1n) is 10.0. The third-order valence-corrected chi connectivity index (χ3v) is 5.75. The minimum absolute atomic E-state index is 0.0605. The molecular formula is C23H25N3O3. The Morgan fingerprint density at radius 1 is 1.10 bits per heavy atom. The Kier molecular flexibility index (Phi) is 5.45. The summed E-state index contributed by atoms with van der Waals surface area (Å²) in [6.45, 7) is 3.87. The van der Waals surface area contributed by atoms with Crippen molar-refractivity contribution in [2.45, 2.75) is 31.7 Å². The number of likely N-dealkylation sites (N-methyl/N-ethyl adjacent to an activating group) is 1. The maximum absolute atomic E-state index is 13.8. The summed E-state index contributed by atoms with van der Waals surface area (Å²) in [4.78, 5) is 35.4. The SMILES string of the molecule is CCN(Cc1nc2ccccc2c(=O)[nH]1)C(=O)C1(c2ccccc2)CCOCC1. The lowest BCUT2D eigenvalue weighted by atomic mass is 9.73. The molecular weight excluding hydrogens is 366 g/mol. The molecule has 1 saturated heterocycles. The van der Waals surface area contributed by atoms with E-state index in [1.54, 1.807) is 11.0 Å². The average Bonchev–Trinajstić information content (AvgIpc) is 2.78. The zero-order valence-electron chi connectivity index (χ0n) is 16.6. The maximum Gasteiger partial charge on any atom is 0.258 e. The van der Waals surface area contributed by atoms with Crippen molar-refractivity contribution in [1.29, 1.82) is 0 Å². The maximum atomic E-state index is 13.8. The number of benzene rings is 2. The van der Waals surface area contributed by atoms with E-state index >= 15 is 0 Å². The first-order chi connectivity index (χ1) is 14.1. The highest BCUT2D eigenvalue weighted by atomic mass is 16.5. The fraction of sp³-hybridized carbons (Fsp3) is 0.348. The molecule has 0 radical (unpaired) electrons. The van der Waals surface area contributed by atoms with Crippen LogP contribution in [0.2, 0.25) is 0 Å². The molecule has 1 N–H and O–H groups in total. The summed E-state index contributed by atoms with van der Waals surface area (Å²) in [7, 11) is 0. The predicted molar refractivity (Wildman–Crippen MR) is 112 cm³/mol. The topological polar surface area (TPSA) is 75.3 Å². The number of carbonyl (C=O) groups excluding carboxylic acids is 1. The molecule has 29 heavy (non-hydrogen) atoms. The van der Waals surface area contributed by atoms with Crippen LogP contribution in [0.1, 0.15) is 31.2 Å². The summed E-state index contributed by atoms with van der Waals surface area (Å²) in [5.74, 6) is 0.560. The fourth-order valence-electron chi connectivity index (χ4n) is 4.12. The van der Waals surface area contributed by atoms with Gasteiger partial charge in [-0.25, -0.2) is 4.98 Å². The Morgan fingerprint density at radius 2 is 1.79 bits per heavy atom. The highest BCUT2D eigenvalue weighted by molar-refractivity contribution is 5.88. The lowest BCUT2D eigenvalue weighted by Crippen LogP contribution is -2.49. The summed E-state index contributed by atoms with van der Waals surface area (Å²) in [6, 6.07) is 17.2. The van der Waals surface area contributed by atoms with Crippen LogP contribution in [-0.4, -0.2) is 40.5 Å². The Morgan fingerprint density at radius 3 is 2.52 bits per heavy atom. The van der Waals surface area contributed by atoms with Crippen molar-refractivity contribution in [1.82, 2.24) is 14.9 Å². The Bertz CT molecular complexity index is 1060. The van der Waals surface area contributed by atoms with Gasteiger partial charge in [0.05, 0.1) is 22.9 Å². The van der Waals surface area contributed by atoms with Gasteiger partial charge in [-0.1, -0.05) is 42.5 Å². The first kappa shape index (κ1) is 19.3. The summed E-state index contributed by atoms with van der Waals surface area (Å²) in [6.07, 6.45) is 1.29.